The molecule has 4 unspecified atom stereocenters. The van der Waals surface area contributed by atoms with Gasteiger partial charge in [-0.1, -0.05) is 113 Å². The molecule has 4 aromatic carbocycles. The molecule has 250 valence electrons. The van der Waals surface area contributed by atoms with Gasteiger partial charge in [0.2, 0.25) is 17.7 Å². The summed E-state index contributed by atoms with van der Waals surface area (Å²) in [6.07, 6.45) is 1.23. The van der Waals surface area contributed by atoms with E-state index in [1.54, 1.807) is 43.3 Å². The molecule has 0 aromatic heterocycles. The second-order valence-electron chi connectivity index (χ2n) is 11.9. The molecule has 0 bridgehead atoms. The Morgan fingerprint density at radius 3 is 2.12 bits per heavy atom. The predicted molar refractivity (Wildman–Crippen MR) is 191 cm³/mol. The minimum Gasteiger partial charge on any atom is -0.328 e. The Balaban J connectivity index is 1.41. The largest absolute Gasteiger partial charge is 0.328 e. The zero-order chi connectivity index (χ0) is 34.4. The molecule has 5 rings (SSSR count). The first-order valence-electron chi connectivity index (χ1n) is 15.7. The second-order valence-corrected chi connectivity index (χ2v) is 13.7. The highest BCUT2D eigenvalue weighted by Gasteiger charge is 2.44. The van der Waals surface area contributed by atoms with E-state index in [1.165, 1.54) is 14.7 Å². The number of carbonyl (C=O) groups excluding carboxylic acids is 4. The van der Waals surface area contributed by atoms with Gasteiger partial charge < -0.3 is 19.5 Å². The van der Waals surface area contributed by atoms with Crippen LogP contribution in [0.15, 0.2) is 91.0 Å². The molecular weight excluding hydrogens is 692 g/mol. The van der Waals surface area contributed by atoms with Gasteiger partial charge in [-0.3, -0.25) is 14.4 Å². The van der Waals surface area contributed by atoms with E-state index in [-0.39, 0.29) is 38.3 Å². The molecule has 0 aliphatic carbocycles. The zero-order valence-corrected chi connectivity index (χ0v) is 29.3. The summed E-state index contributed by atoms with van der Waals surface area (Å²) >= 11 is 25.7. The van der Waals surface area contributed by atoms with Gasteiger partial charge in [-0.15, -0.1) is 0 Å². The van der Waals surface area contributed by atoms with Crippen LogP contribution in [0.4, 0.5) is 0 Å². The van der Waals surface area contributed by atoms with Crippen LogP contribution < -0.4 is 0 Å². The number of aldehydes is 1. The monoisotopic (exact) mass is 725 g/mol. The summed E-state index contributed by atoms with van der Waals surface area (Å²) in [6.45, 7) is 1.54. The van der Waals surface area contributed by atoms with E-state index in [2.05, 4.69) is 0 Å². The molecule has 1 heterocycles. The average Bonchev–Trinajstić information content (AvgIpc) is 3.08. The molecule has 0 spiro atoms. The molecule has 4 atom stereocenters. The lowest BCUT2D eigenvalue weighted by Gasteiger charge is -2.42. The summed E-state index contributed by atoms with van der Waals surface area (Å²) in [7, 11) is 0. The van der Waals surface area contributed by atoms with Crippen LogP contribution >= 0.6 is 46.4 Å². The summed E-state index contributed by atoms with van der Waals surface area (Å²) in [4.78, 5) is 58.2. The van der Waals surface area contributed by atoms with Crippen LogP contribution in [0.1, 0.15) is 30.0 Å². The van der Waals surface area contributed by atoms with Gasteiger partial charge in [0.25, 0.3) is 0 Å². The van der Waals surface area contributed by atoms with Crippen LogP contribution in [0.2, 0.25) is 10.0 Å². The van der Waals surface area contributed by atoms with Gasteiger partial charge >= 0.3 is 0 Å². The second kappa shape index (κ2) is 16.2. The number of carbonyl (C=O) groups is 4. The third-order valence-electron chi connectivity index (χ3n) is 8.64. The molecule has 1 aliphatic rings. The quantitative estimate of drug-likeness (QED) is 0.0834. The zero-order valence-electron chi connectivity index (χ0n) is 26.3. The predicted octanol–water partition coefficient (Wildman–Crippen LogP) is 7.15. The highest BCUT2D eigenvalue weighted by molar-refractivity contribution is 6.30. The van der Waals surface area contributed by atoms with Crippen LogP contribution in [0.3, 0.4) is 0 Å². The summed E-state index contributed by atoms with van der Waals surface area (Å²) < 4.78 is 0. The number of hydrogen-bond acceptors (Lipinski definition) is 4. The van der Waals surface area contributed by atoms with Gasteiger partial charge in [-0.25, -0.2) is 0 Å². The van der Waals surface area contributed by atoms with E-state index in [4.69, 9.17) is 46.4 Å². The summed E-state index contributed by atoms with van der Waals surface area (Å²) in [5.41, 5.74) is 0.909. The normalized spacial score (nSPS) is 16.9. The van der Waals surface area contributed by atoms with Gasteiger partial charge in [-0.2, -0.15) is 0 Å². The highest BCUT2D eigenvalue weighted by Crippen LogP contribution is 2.27. The van der Waals surface area contributed by atoms with Crippen molar-refractivity contribution in [3.8, 4) is 0 Å². The summed E-state index contributed by atoms with van der Waals surface area (Å²) in [5.74, 6) is -1.30. The third-order valence-corrected chi connectivity index (χ3v) is 9.90. The van der Waals surface area contributed by atoms with Gasteiger partial charge in [0.15, 0.2) is 0 Å². The van der Waals surface area contributed by atoms with Crippen LogP contribution in [-0.4, -0.2) is 74.9 Å². The summed E-state index contributed by atoms with van der Waals surface area (Å²) in [5, 5.41) is 3.24. The topological polar surface area (TPSA) is 78.0 Å². The fourth-order valence-corrected chi connectivity index (χ4v) is 7.15. The van der Waals surface area contributed by atoms with Crippen LogP contribution in [0.25, 0.3) is 10.8 Å². The Labute approximate surface area is 300 Å². The smallest absolute Gasteiger partial charge is 0.247 e. The maximum atomic E-state index is 14.2. The maximum Gasteiger partial charge on any atom is 0.247 e. The Hall–Kier alpha value is -3.62. The van der Waals surface area contributed by atoms with E-state index in [1.807, 2.05) is 54.6 Å². The Bertz CT molecular complexity index is 1760. The standard InChI is InChI=1S/C37H35Cl4N3O4/c1-24(23-45)44(34(41)20-26-11-15-30(39)16-12-26)35(46)21-32-37(48)43(33(40)19-25-9-13-29(38)14-10-25)22-36(47)42(32)18-17-28-7-4-6-27-5-2-3-8-31(27)28/h2-16,23-24,32-34H,17-22H2,1H3. The van der Waals surface area contributed by atoms with Crippen LogP contribution in [0.5, 0.6) is 0 Å². The maximum absolute atomic E-state index is 14.2. The molecular formula is C37H35Cl4N3O4. The van der Waals surface area contributed by atoms with Crippen molar-refractivity contribution in [2.24, 2.45) is 0 Å². The highest BCUT2D eigenvalue weighted by atomic mass is 35.5. The molecule has 48 heavy (non-hydrogen) atoms. The van der Waals surface area contributed by atoms with Gasteiger partial charge in [0.05, 0.1) is 12.5 Å². The lowest BCUT2D eigenvalue weighted by Crippen LogP contribution is -2.63. The number of benzene rings is 4. The Kier molecular flexibility index (Phi) is 12.0. The number of piperazine rings is 1. The van der Waals surface area contributed by atoms with Crippen LogP contribution in [0, 0.1) is 0 Å². The van der Waals surface area contributed by atoms with Gasteiger partial charge in [0, 0.05) is 29.4 Å². The first kappa shape index (κ1) is 35.7. The molecule has 4 aromatic rings. The van der Waals surface area contributed by atoms with Crippen molar-refractivity contribution in [1.82, 2.24) is 14.7 Å². The number of halogens is 4. The molecule has 1 saturated heterocycles. The minimum absolute atomic E-state index is 0.201. The average molecular weight is 728 g/mol. The van der Waals surface area contributed by atoms with E-state index < -0.39 is 34.9 Å². The number of amides is 3. The SMILES string of the molecule is CC(C=O)N(C(=O)CC1C(=O)N(C(Cl)Cc2ccc(Cl)cc2)CC(=O)N1CCc1cccc2ccccc12)C(Cl)Cc1ccc(Cl)cc1. The van der Waals surface area contributed by atoms with Crippen molar-refractivity contribution >= 4 is 81.2 Å². The number of fused-ring (bicyclic) bond motifs is 1. The summed E-state index contributed by atoms with van der Waals surface area (Å²) in [6, 6.07) is 26.0. The minimum atomic E-state index is -1.15. The van der Waals surface area contributed by atoms with E-state index in [0.29, 0.717) is 22.8 Å². The third kappa shape index (κ3) is 8.50. The number of rotatable bonds is 13. The molecule has 1 fully saturated rings. The fourth-order valence-electron chi connectivity index (χ4n) is 6.09. The van der Waals surface area contributed by atoms with E-state index in [9.17, 15) is 19.2 Å². The Morgan fingerprint density at radius 1 is 0.875 bits per heavy atom. The fraction of sp³-hybridized carbons (Fsp3) is 0.297. The Morgan fingerprint density at radius 2 is 1.48 bits per heavy atom. The first-order valence-corrected chi connectivity index (χ1v) is 17.3. The lowest BCUT2D eigenvalue weighted by atomic mass is 10.00. The molecule has 0 N–H and O–H groups in total. The van der Waals surface area contributed by atoms with Crippen molar-refractivity contribution in [3.63, 3.8) is 0 Å². The van der Waals surface area contributed by atoms with Gasteiger partial charge in [-0.05, 0) is 65.1 Å². The molecule has 0 radical (unpaired) electrons. The molecule has 1 aliphatic heterocycles. The van der Waals surface area contributed by atoms with Crippen LogP contribution in [-0.2, 0) is 38.4 Å². The molecule has 3 amide bonds. The van der Waals surface area contributed by atoms with Crippen molar-refractivity contribution < 1.29 is 19.2 Å². The molecule has 11 heteroatoms. The van der Waals surface area contributed by atoms with E-state index >= 15 is 0 Å². The van der Waals surface area contributed by atoms with Gasteiger partial charge in [0.1, 0.15) is 29.9 Å². The first-order chi connectivity index (χ1) is 23.0. The molecule has 0 saturated carbocycles. The van der Waals surface area contributed by atoms with Crippen molar-refractivity contribution in [2.45, 2.75) is 55.7 Å². The number of nitrogens with zero attached hydrogens (tertiary/aromatic N) is 3. The van der Waals surface area contributed by atoms with Crippen molar-refractivity contribution in [1.29, 1.82) is 0 Å². The number of hydrogen-bond donors (Lipinski definition) is 0. The number of alkyl halides is 2. The molecule has 7 nitrogen and oxygen atoms in total. The van der Waals surface area contributed by atoms with Crippen molar-refractivity contribution in [3.05, 3.63) is 118 Å². The van der Waals surface area contributed by atoms with E-state index in [0.717, 1.165) is 27.5 Å². The lowest BCUT2D eigenvalue weighted by molar-refractivity contribution is -0.159. The van der Waals surface area contributed by atoms with Crippen molar-refractivity contribution in [2.75, 3.05) is 13.1 Å².